The van der Waals surface area contributed by atoms with Crippen LogP contribution in [0.3, 0.4) is 0 Å². The molecule has 0 bridgehead atoms. The van der Waals surface area contributed by atoms with Crippen LogP contribution in [0.15, 0.2) is 43.0 Å². The Morgan fingerprint density at radius 3 is 2.07 bits per heavy atom. The van der Waals surface area contributed by atoms with Crippen molar-refractivity contribution in [1.82, 2.24) is 0 Å². The van der Waals surface area contributed by atoms with E-state index in [-0.39, 0.29) is 35.1 Å². The largest absolute Gasteiger partial charge is 1.00 e. The van der Waals surface area contributed by atoms with Crippen molar-refractivity contribution < 1.29 is 39.5 Å². The van der Waals surface area contributed by atoms with Crippen molar-refractivity contribution in [3.8, 4) is 0 Å². The van der Waals surface area contributed by atoms with Gasteiger partial charge in [0.25, 0.3) is 0 Å². The minimum atomic E-state index is -0.935. The maximum Gasteiger partial charge on any atom is 1.00 e. The fourth-order valence-electron chi connectivity index (χ4n) is 0.536. The van der Waals surface area contributed by atoms with Crippen molar-refractivity contribution in [2.24, 2.45) is 0 Å². The van der Waals surface area contributed by atoms with Crippen LogP contribution in [-0.2, 0) is 4.79 Å². The van der Waals surface area contributed by atoms with E-state index in [1.165, 1.54) is 6.92 Å². The zero-order chi connectivity index (χ0) is 11.0. The predicted octanol–water partition coefficient (Wildman–Crippen LogP) is -0.219. The van der Waals surface area contributed by atoms with Crippen LogP contribution in [0.2, 0.25) is 0 Å². The minimum Gasteiger partial charge on any atom is -0.478 e. The van der Waals surface area contributed by atoms with Crippen LogP contribution < -0.4 is 29.6 Å². The SMILES string of the molecule is C=C(C)C(=O)O.C=Cc1cc[c-]cc1.[Na+]. The summed E-state index contributed by atoms with van der Waals surface area (Å²) in [5, 5.41) is 7.89. The van der Waals surface area contributed by atoms with Gasteiger partial charge in [0, 0.05) is 5.57 Å². The molecular weight excluding hydrogens is 199 g/mol. The molecule has 0 aliphatic heterocycles. The molecule has 0 heterocycles. The molecule has 15 heavy (non-hydrogen) atoms. The van der Waals surface area contributed by atoms with Crippen LogP contribution in [0.25, 0.3) is 6.08 Å². The Bertz CT molecular complexity index is 306. The summed E-state index contributed by atoms with van der Waals surface area (Å²) in [4.78, 5) is 9.60. The van der Waals surface area contributed by atoms with Crippen molar-refractivity contribution in [1.29, 1.82) is 0 Å². The molecule has 0 radical (unpaired) electrons. The van der Waals surface area contributed by atoms with Gasteiger partial charge in [0.1, 0.15) is 0 Å². The van der Waals surface area contributed by atoms with Crippen LogP contribution in [0.5, 0.6) is 0 Å². The summed E-state index contributed by atoms with van der Waals surface area (Å²) in [7, 11) is 0. The van der Waals surface area contributed by atoms with Gasteiger partial charge in [0.15, 0.2) is 0 Å². The van der Waals surface area contributed by atoms with Crippen LogP contribution >= 0.6 is 0 Å². The molecule has 0 spiro atoms. The number of carboxylic acid groups (broad SMARTS) is 1. The first-order valence-corrected chi connectivity index (χ1v) is 4.05. The molecule has 74 valence electrons. The summed E-state index contributed by atoms with van der Waals surface area (Å²) < 4.78 is 0. The van der Waals surface area contributed by atoms with Gasteiger partial charge in [-0.2, -0.15) is 30.3 Å². The molecule has 0 atom stereocenters. The molecule has 2 nitrogen and oxygen atoms in total. The average molecular weight is 212 g/mol. The van der Waals surface area contributed by atoms with E-state index in [1.807, 2.05) is 30.3 Å². The number of rotatable bonds is 2. The predicted molar refractivity (Wildman–Crippen MR) is 57.8 cm³/mol. The second kappa shape index (κ2) is 9.71. The second-order valence-corrected chi connectivity index (χ2v) is 2.62. The molecule has 0 saturated heterocycles. The first-order valence-electron chi connectivity index (χ1n) is 4.05. The summed E-state index contributed by atoms with van der Waals surface area (Å²) in [6.07, 6.45) is 1.81. The first kappa shape index (κ1) is 16.6. The Hall–Kier alpha value is -0.830. The van der Waals surface area contributed by atoms with E-state index < -0.39 is 5.97 Å². The maximum atomic E-state index is 9.60. The Kier molecular flexibility index (Phi) is 10.7. The van der Waals surface area contributed by atoms with Crippen LogP contribution in [-0.4, -0.2) is 11.1 Å². The molecule has 1 rings (SSSR count). The number of carboxylic acids is 1. The molecule has 1 aromatic rings. The van der Waals surface area contributed by atoms with Gasteiger partial charge in [-0.3, -0.25) is 0 Å². The summed E-state index contributed by atoms with van der Waals surface area (Å²) in [5.74, 6) is -0.935. The van der Waals surface area contributed by atoms with Gasteiger partial charge in [0.2, 0.25) is 0 Å². The summed E-state index contributed by atoms with van der Waals surface area (Å²) in [5.41, 5.74) is 1.32. The molecule has 3 heteroatoms. The third kappa shape index (κ3) is 9.47. The van der Waals surface area contributed by atoms with E-state index in [0.717, 1.165) is 5.56 Å². The normalized spacial score (nSPS) is 7.53. The zero-order valence-electron chi connectivity index (χ0n) is 9.16. The Morgan fingerprint density at radius 1 is 1.47 bits per heavy atom. The standard InChI is InChI=1S/C8H7.C4H6O2.Na/c1-2-8-6-4-3-5-7-8;1-3(2)4(5)6;/h2,4-7H,1H2;1H2,2H3,(H,5,6);/q-1;;+1. The maximum absolute atomic E-state index is 9.60. The summed E-state index contributed by atoms with van der Waals surface area (Å²) >= 11 is 0. The molecule has 0 aliphatic carbocycles. The average Bonchev–Trinajstić information content (AvgIpc) is 2.20. The van der Waals surface area contributed by atoms with Crippen molar-refractivity contribution in [3.63, 3.8) is 0 Å². The Labute approximate surface area is 113 Å². The molecule has 0 unspecified atom stereocenters. The Balaban J connectivity index is 0. The van der Waals surface area contributed by atoms with Crippen molar-refractivity contribution in [3.05, 3.63) is 54.6 Å². The molecule has 0 amide bonds. The van der Waals surface area contributed by atoms with Crippen LogP contribution in [0, 0.1) is 6.07 Å². The number of hydrogen-bond donors (Lipinski definition) is 1. The van der Waals surface area contributed by atoms with Gasteiger partial charge >= 0.3 is 35.5 Å². The van der Waals surface area contributed by atoms with Gasteiger partial charge in [-0.1, -0.05) is 12.7 Å². The molecule has 0 aromatic heterocycles. The fraction of sp³-hybridized carbons (Fsp3) is 0.0833. The van der Waals surface area contributed by atoms with E-state index >= 15 is 0 Å². The zero-order valence-corrected chi connectivity index (χ0v) is 11.2. The van der Waals surface area contributed by atoms with E-state index in [4.69, 9.17) is 5.11 Å². The number of hydrogen-bond acceptors (Lipinski definition) is 1. The molecule has 1 N–H and O–H groups in total. The third-order valence-corrected chi connectivity index (χ3v) is 1.34. The number of aliphatic carboxylic acids is 1. The summed E-state index contributed by atoms with van der Waals surface area (Å²) in [6.45, 7) is 8.22. The first-order chi connectivity index (χ1) is 6.57. The van der Waals surface area contributed by atoms with Gasteiger partial charge in [-0.05, 0) is 6.92 Å². The van der Waals surface area contributed by atoms with E-state index in [1.54, 1.807) is 0 Å². The van der Waals surface area contributed by atoms with Crippen molar-refractivity contribution in [2.45, 2.75) is 6.92 Å². The van der Waals surface area contributed by atoms with E-state index in [9.17, 15) is 4.79 Å². The van der Waals surface area contributed by atoms with Gasteiger partial charge in [0.05, 0.1) is 0 Å². The smallest absolute Gasteiger partial charge is 0.478 e. The second-order valence-electron chi connectivity index (χ2n) is 2.62. The van der Waals surface area contributed by atoms with Gasteiger partial charge in [-0.25, -0.2) is 4.79 Å². The topological polar surface area (TPSA) is 37.3 Å². The molecule has 0 saturated carbocycles. The van der Waals surface area contributed by atoms with E-state index in [2.05, 4.69) is 19.2 Å². The van der Waals surface area contributed by atoms with Gasteiger partial charge < -0.3 is 5.11 Å². The van der Waals surface area contributed by atoms with Gasteiger partial charge in [-0.15, -0.1) is 12.1 Å². The van der Waals surface area contributed by atoms with Crippen molar-refractivity contribution >= 4 is 12.0 Å². The monoisotopic (exact) mass is 212 g/mol. The molecular formula is C12H13NaO2. The number of benzene rings is 1. The fourth-order valence-corrected chi connectivity index (χ4v) is 0.536. The van der Waals surface area contributed by atoms with Crippen LogP contribution in [0.1, 0.15) is 12.5 Å². The quantitative estimate of drug-likeness (QED) is 0.418. The van der Waals surface area contributed by atoms with Crippen LogP contribution in [0.4, 0.5) is 0 Å². The minimum absolute atomic E-state index is 0. The molecule has 1 aromatic carbocycles. The van der Waals surface area contributed by atoms with E-state index in [0.29, 0.717) is 0 Å². The Morgan fingerprint density at radius 2 is 1.87 bits per heavy atom. The van der Waals surface area contributed by atoms with Crippen molar-refractivity contribution in [2.75, 3.05) is 0 Å². The molecule has 0 fully saturated rings. The number of carbonyl (C=O) groups is 1. The summed E-state index contributed by atoms with van der Waals surface area (Å²) in [6, 6.07) is 10.6. The molecule has 0 aliphatic rings. The third-order valence-electron chi connectivity index (χ3n) is 1.34.